The minimum Gasteiger partial charge on any atom is -0.290 e. The van der Waals surface area contributed by atoms with E-state index >= 15 is 0 Å². The molecule has 5 nitrogen and oxygen atoms in total. The highest BCUT2D eigenvalue weighted by molar-refractivity contribution is 6.35. The molecule has 0 unspecified atom stereocenters. The van der Waals surface area contributed by atoms with Gasteiger partial charge in [0.25, 0.3) is 5.70 Å². The van der Waals surface area contributed by atoms with Crippen molar-refractivity contribution in [3.8, 4) is 17.5 Å². The largest absolute Gasteiger partial charge is 0.417 e. The lowest BCUT2D eigenvalue weighted by molar-refractivity contribution is -0.137. The second kappa shape index (κ2) is 5.28. The molecule has 2 aromatic rings. The zero-order chi connectivity index (χ0) is 17.5. The summed E-state index contributed by atoms with van der Waals surface area (Å²) in [6, 6.07) is 5.18. The van der Waals surface area contributed by atoms with Gasteiger partial charge in [0, 0.05) is 29.1 Å². The van der Waals surface area contributed by atoms with Crippen LogP contribution in [-0.4, -0.2) is 15.8 Å². The molecule has 24 heavy (non-hydrogen) atoms. The predicted octanol–water partition coefficient (Wildman–Crippen LogP) is 3.51. The van der Waals surface area contributed by atoms with Gasteiger partial charge in [0.1, 0.15) is 5.69 Å². The first-order valence-corrected chi connectivity index (χ1v) is 6.48. The smallest absolute Gasteiger partial charge is 0.290 e. The Hall–Kier alpha value is -3.52. The van der Waals surface area contributed by atoms with Gasteiger partial charge in [-0.2, -0.15) is 13.2 Å². The number of allylic oxidation sites excluding steroid dienone is 2. The van der Waals surface area contributed by atoms with Crippen molar-refractivity contribution in [2.24, 2.45) is 0 Å². The molecule has 0 saturated carbocycles. The standard InChI is InChI=1S/C16H5F3N4O/c1-21-11(6-20)12-10-5-8(16(17,18)19)7-23-14(10)13-9(15(12)24)3-2-4-22-13/h2-5,7H/b12-11-. The highest BCUT2D eigenvalue weighted by Crippen LogP contribution is 2.40. The lowest BCUT2D eigenvalue weighted by Gasteiger charge is -2.21. The van der Waals surface area contributed by atoms with Crippen LogP contribution in [0.5, 0.6) is 0 Å². The van der Waals surface area contributed by atoms with Crippen LogP contribution in [0.15, 0.2) is 36.3 Å². The number of rotatable bonds is 0. The van der Waals surface area contributed by atoms with Gasteiger partial charge in [-0.15, -0.1) is 0 Å². The zero-order valence-corrected chi connectivity index (χ0v) is 11.7. The van der Waals surface area contributed by atoms with Crippen LogP contribution in [0.4, 0.5) is 13.2 Å². The number of nitriles is 1. The lowest BCUT2D eigenvalue weighted by atomic mass is 9.85. The number of carbonyl (C=O) groups is 1. The van der Waals surface area contributed by atoms with Crippen LogP contribution in [0, 0.1) is 17.9 Å². The summed E-state index contributed by atoms with van der Waals surface area (Å²) in [4.78, 5) is 23.3. The highest BCUT2D eigenvalue weighted by Gasteiger charge is 2.36. The number of nitrogens with zero attached hydrogens (tertiary/aromatic N) is 4. The molecule has 0 aliphatic heterocycles. The molecular formula is C16H5F3N4O. The molecule has 0 spiro atoms. The Morgan fingerprint density at radius 1 is 1.25 bits per heavy atom. The van der Waals surface area contributed by atoms with E-state index in [1.165, 1.54) is 18.3 Å². The number of aromatic nitrogens is 2. The van der Waals surface area contributed by atoms with Crippen LogP contribution >= 0.6 is 0 Å². The number of carbonyl (C=O) groups excluding carboxylic acids is 1. The van der Waals surface area contributed by atoms with E-state index in [-0.39, 0.29) is 28.1 Å². The molecule has 2 aromatic heterocycles. The fourth-order valence-electron chi connectivity index (χ4n) is 2.41. The molecule has 0 N–H and O–H groups in total. The minimum atomic E-state index is -4.68. The Labute approximate surface area is 133 Å². The fourth-order valence-corrected chi connectivity index (χ4v) is 2.41. The predicted molar refractivity (Wildman–Crippen MR) is 75.9 cm³/mol. The first kappa shape index (κ1) is 15.4. The van der Waals surface area contributed by atoms with E-state index in [1.54, 1.807) is 6.07 Å². The van der Waals surface area contributed by atoms with Crippen molar-refractivity contribution in [2.75, 3.05) is 0 Å². The van der Waals surface area contributed by atoms with Crippen molar-refractivity contribution >= 4 is 11.4 Å². The molecule has 0 aromatic carbocycles. The Kier molecular flexibility index (Phi) is 3.39. The van der Waals surface area contributed by atoms with Crippen molar-refractivity contribution in [3.05, 3.63) is 64.4 Å². The minimum absolute atomic E-state index is 0.0320. The number of halogens is 3. The van der Waals surface area contributed by atoms with Crippen LogP contribution in [0.1, 0.15) is 21.5 Å². The average molecular weight is 326 g/mol. The molecule has 8 heteroatoms. The highest BCUT2D eigenvalue weighted by atomic mass is 19.4. The third kappa shape index (κ3) is 2.22. The topological polar surface area (TPSA) is 71.0 Å². The van der Waals surface area contributed by atoms with Crippen LogP contribution in [-0.2, 0) is 6.18 Å². The maximum atomic E-state index is 13.0. The van der Waals surface area contributed by atoms with Crippen molar-refractivity contribution in [2.45, 2.75) is 6.18 Å². The van der Waals surface area contributed by atoms with Gasteiger partial charge in [0.05, 0.1) is 23.9 Å². The second-order valence-corrected chi connectivity index (χ2v) is 4.79. The fraction of sp³-hybridized carbons (Fsp3) is 0.0625. The summed E-state index contributed by atoms with van der Waals surface area (Å²) in [7, 11) is 0. The van der Waals surface area contributed by atoms with Gasteiger partial charge < -0.3 is 0 Å². The Bertz CT molecular complexity index is 978. The van der Waals surface area contributed by atoms with E-state index in [9.17, 15) is 18.0 Å². The molecule has 0 atom stereocenters. The maximum Gasteiger partial charge on any atom is 0.417 e. The first-order valence-electron chi connectivity index (χ1n) is 6.48. The first-order chi connectivity index (χ1) is 11.4. The zero-order valence-electron chi connectivity index (χ0n) is 11.7. The Balaban J connectivity index is 2.44. The number of fused-ring (bicyclic) bond motifs is 3. The number of pyridine rings is 2. The summed E-state index contributed by atoms with van der Waals surface area (Å²) < 4.78 is 38.9. The van der Waals surface area contributed by atoms with Crippen LogP contribution in [0.25, 0.3) is 21.8 Å². The van der Waals surface area contributed by atoms with E-state index in [1.807, 2.05) is 0 Å². The van der Waals surface area contributed by atoms with E-state index in [4.69, 9.17) is 11.8 Å². The Morgan fingerprint density at radius 2 is 1.96 bits per heavy atom. The summed E-state index contributed by atoms with van der Waals surface area (Å²) >= 11 is 0. The van der Waals surface area contributed by atoms with Crippen LogP contribution in [0.3, 0.4) is 0 Å². The number of Topliss-reactive ketones (excluding diaryl/α,β-unsaturated/α-hetero) is 1. The molecule has 2 heterocycles. The number of hydrogen-bond donors (Lipinski definition) is 0. The quantitative estimate of drug-likeness (QED) is 0.422. The maximum absolute atomic E-state index is 13.0. The van der Waals surface area contributed by atoms with E-state index in [2.05, 4.69) is 14.8 Å². The normalized spacial score (nSPS) is 15.0. The van der Waals surface area contributed by atoms with Gasteiger partial charge >= 0.3 is 6.18 Å². The van der Waals surface area contributed by atoms with Crippen molar-refractivity contribution in [3.63, 3.8) is 0 Å². The molecule has 1 aliphatic rings. The molecule has 0 bridgehead atoms. The molecule has 1 aliphatic carbocycles. The molecule has 0 saturated heterocycles. The second-order valence-electron chi connectivity index (χ2n) is 4.79. The summed E-state index contributed by atoms with van der Waals surface area (Å²) in [5.74, 6) is -0.723. The number of ketones is 1. The number of hydrogen-bond acceptors (Lipinski definition) is 4. The van der Waals surface area contributed by atoms with Crippen molar-refractivity contribution < 1.29 is 18.0 Å². The molecule has 0 amide bonds. The van der Waals surface area contributed by atoms with E-state index in [0.29, 0.717) is 6.20 Å². The third-order valence-corrected chi connectivity index (χ3v) is 3.44. The number of alkyl halides is 3. The molecular weight excluding hydrogens is 321 g/mol. The average Bonchev–Trinajstić information content (AvgIpc) is 2.57. The van der Waals surface area contributed by atoms with Gasteiger partial charge in [-0.3, -0.25) is 14.8 Å². The molecule has 116 valence electrons. The molecule has 0 radical (unpaired) electrons. The molecule has 3 rings (SSSR count). The van der Waals surface area contributed by atoms with Gasteiger partial charge in [-0.05, 0) is 18.2 Å². The van der Waals surface area contributed by atoms with Crippen LogP contribution in [0.2, 0.25) is 0 Å². The van der Waals surface area contributed by atoms with Gasteiger partial charge in [-0.1, -0.05) is 0 Å². The summed E-state index contributed by atoms with van der Waals surface area (Å²) in [5.41, 5.74) is -2.02. The van der Waals surface area contributed by atoms with Gasteiger partial charge in [-0.25, -0.2) is 10.1 Å². The van der Waals surface area contributed by atoms with Gasteiger partial charge in [0.15, 0.2) is 5.78 Å². The van der Waals surface area contributed by atoms with Crippen molar-refractivity contribution in [1.82, 2.24) is 9.97 Å². The SMILES string of the molecule is [C-]#[N+]/C(C#N)=C1\C(=O)c2cccnc2-c2ncc(C(F)(F)F)cc21. The van der Waals surface area contributed by atoms with Crippen LogP contribution < -0.4 is 0 Å². The van der Waals surface area contributed by atoms with E-state index < -0.39 is 23.2 Å². The van der Waals surface area contributed by atoms with Crippen molar-refractivity contribution in [1.29, 1.82) is 5.26 Å². The lowest BCUT2D eigenvalue weighted by Crippen LogP contribution is -2.17. The third-order valence-electron chi connectivity index (χ3n) is 3.44. The summed E-state index contributed by atoms with van der Waals surface area (Å²) in [6.07, 6.45) is -2.66. The monoisotopic (exact) mass is 326 g/mol. The molecule has 0 fully saturated rings. The summed E-state index contributed by atoms with van der Waals surface area (Å²) in [6.45, 7) is 7.02. The van der Waals surface area contributed by atoms with E-state index in [0.717, 1.165) is 6.07 Å². The van der Waals surface area contributed by atoms with Gasteiger partial charge in [0.2, 0.25) is 0 Å². The summed E-state index contributed by atoms with van der Waals surface area (Å²) in [5, 5.41) is 9.07. The Morgan fingerprint density at radius 3 is 2.58 bits per heavy atom.